The molecule has 1 N–H and O–H groups in total. The van der Waals surface area contributed by atoms with E-state index in [1.165, 1.54) is 5.56 Å². The van der Waals surface area contributed by atoms with Crippen LogP contribution in [0.25, 0.3) is 0 Å². The number of piperazine rings is 1. The zero-order valence-electron chi connectivity index (χ0n) is 16.5. The number of carboxylic acid groups (broad SMARTS) is 1. The Hall–Kier alpha value is -2.17. The van der Waals surface area contributed by atoms with Gasteiger partial charge < -0.3 is 5.11 Å². The molecule has 4 rings (SSSR count). The quantitative estimate of drug-likeness (QED) is 0.860. The normalized spacial score (nSPS) is 26.8. The van der Waals surface area contributed by atoms with E-state index in [9.17, 15) is 9.90 Å². The predicted molar refractivity (Wildman–Crippen MR) is 111 cm³/mol. The highest BCUT2D eigenvalue weighted by Crippen LogP contribution is 2.41. The molecule has 148 valence electrons. The molecule has 1 heterocycles. The molecule has 1 saturated carbocycles. The third-order valence-electron chi connectivity index (χ3n) is 6.72. The summed E-state index contributed by atoms with van der Waals surface area (Å²) in [4.78, 5) is 17.3. The molecule has 2 aliphatic rings. The smallest absolute Gasteiger partial charge is 0.314 e. The van der Waals surface area contributed by atoms with Crippen molar-refractivity contribution in [3.63, 3.8) is 0 Å². The molecule has 1 aliphatic carbocycles. The Bertz CT molecular complexity index is 762. The van der Waals surface area contributed by atoms with E-state index in [0.717, 1.165) is 64.0 Å². The first-order chi connectivity index (χ1) is 13.7. The van der Waals surface area contributed by atoms with Crippen LogP contribution in [0.15, 0.2) is 60.7 Å². The van der Waals surface area contributed by atoms with Crippen molar-refractivity contribution < 1.29 is 9.90 Å². The van der Waals surface area contributed by atoms with Gasteiger partial charge >= 0.3 is 5.97 Å². The lowest BCUT2D eigenvalue weighted by molar-refractivity contribution is -0.146. The van der Waals surface area contributed by atoms with Crippen molar-refractivity contribution in [2.75, 3.05) is 26.2 Å². The van der Waals surface area contributed by atoms with Gasteiger partial charge in [-0.2, -0.15) is 0 Å². The van der Waals surface area contributed by atoms with Crippen LogP contribution in [0, 0.1) is 0 Å². The maximum atomic E-state index is 12.2. The summed E-state index contributed by atoms with van der Waals surface area (Å²) in [5.41, 5.74) is 1.64. The maximum absolute atomic E-state index is 12.2. The van der Waals surface area contributed by atoms with Gasteiger partial charge in [0.1, 0.15) is 0 Å². The van der Waals surface area contributed by atoms with E-state index in [2.05, 4.69) is 40.1 Å². The molecule has 4 nitrogen and oxygen atoms in total. The summed E-state index contributed by atoms with van der Waals surface area (Å²) in [6.45, 7) is 5.38. The van der Waals surface area contributed by atoms with Gasteiger partial charge in [0.25, 0.3) is 0 Å². The minimum atomic E-state index is -0.701. The van der Waals surface area contributed by atoms with Crippen molar-refractivity contribution in [3.05, 3.63) is 71.8 Å². The predicted octanol–water partition coefficient (Wildman–Crippen LogP) is 3.77. The van der Waals surface area contributed by atoms with Crippen LogP contribution in [0.4, 0.5) is 0 Å². The SMILES string of the molecule is O=C(O)C1(c2ccccc2)CCC(N2CCN(Cc3ccccc3)CC2)CC1. The molecule has 2 aromatic carbocycles. The number of aliphatic carboxylic acids is 1. The molecule has 0 bridgehead atoms. The number of hydrogen-bond acceptors (Lipinski definition) is 3. The van der Waals surface area contributed by atoms with E-state index >= 15 is 0 Å². The first kappa shape index (κ1) is 19.2. The molecule has 4 heteroatoms. The summed E-state index contributed by atoms with van der Waals surface area (Å²) in [7, 11) is 0. The van der Waals surface area contributed by atoms with Gasteiger partial charge in [-0.05, 0) is 36.8 Å². The molecule has 0 amide bonds. The molecule has 0 radical (unpaired) electrons. The van der Waals surface area contributed by atoms with E-state index in [0.29, 0.717) is 6.04 Å². The zero-order valence-corrected chi connectivity index (χ0v) is 16.5. The van der Waals surface area contributed by atoms with Gasteiger partial charge in [0.15, 0.2) is 0 Å². The molecule has 0 unspecified atom stereocenters. The van der Waals surface area contributed by atoms with E-state index in [1.807, 2.05) is 30.3 Å². The van der Waals surface area contributed by atoms with Gasteiger partial charge in [-0.1, -0.05) is 60.7 Å². The molecule has 2 aromatic rings. The Labute approximate surface area is 167 Å². The highest BCUT2D eigenvalue weighted by Gasteiger charge is 2.44. The fourth-order valence-corrected chi connectivity index (χ4v) is 4.97. The molecule has 2 fully saturated rings. The van der Waals surface area contributed by atoms with Crippen LogP contribution in [0.2, 0.25) is 0 Å². The van der Waals surface area contributed by atoms with Crippen LogP contribution in [0.3, 0.4) is 0 Å². The lowest BCUT2D eigenvalue weighted by Gasteiger charge is -2.44. The second-order valence-corrected chi connectivity index (χ2v) is 8.28. The van der Waals surface area contributed by atoms with Gasteiger partial charge in [-0.25, -0.2) is 0 Å². The van der Waals surface area contributed by atoms with Crippen molar-refractivity contribution in [3.8, 4) is 0 Å². The molecule has 1 saturated heterocycles. The average molecular weight is 379 g/mol. The van der Waals surface area contributed by atoms with Crippen molar-refractivity contribution in [1.82, 2.24) is 9.80 Å². The molecular weight excluding hydrogens is 348 g/mol. The standard InChI is InChI=1S/C24H30N2O2/c27-23(28)24(21-9-5-2-6-10-21)13-11-22(12-14-24)26-17-15-25(16-18-26)19-20-7-3-1-4-8-20/h1-10,22H,11-19H2,(H,27,28). The van der Waals surface area contributed by atoms with Crippen LogP contribution in [0.1, 0.15) is 36.8 Å². The Morgan fingerprint density at radius 1 is 0.893 bits per heavy atom. The topological polar surface area (TPSA) is 43.8 Å². The monoisotopic (exact) mass is 378 g/mol. The van der Waals surface area contributed by atoms with Crippen molar-refractivity contribution in [2.24, 2.45) is 0 Å². The molecule has 1 aliphatic heterocycles. The third kappa shape index (κ3) is 3.98. The van der Waals surface area contributed by atoms with Gasteiger partial charge in [-0.15, -0.1) is 0 Å². The minimum absolute atomic E-state index is 0.523. The van der Waals surface area contributed by atoms with Crippen LogP contribution in [-0.4, -0.2) is 53.1 Å². The van der Waals surface area contributed by atoms with E-state index in [-0.39, 0.29) is 0 Å². The van der Waals surface area contributed by atoms with E-state index in [1.54, 1.807) is 0 Å². The second kappa shape index (κ2) is 8.46. The number of carbonyl (C=O) groups is 1. The summed E-state index contributed by atoms with van der Waals surface area (Å²) in [6.07, 6.45) is 3.42. The van der Waals surface area contributed by atoms with Crippen LogP contribution in [-0.2, 0) is 16.8 Å². The van der Waals surface area contributed by atoms with E-state index < -0.39 is 11.4 Å². The van der Waals surface area contributed by atoms with Gasteiger partial charge in [0.05, 0.1) is 5.41 Å². The Morgan fingerprint density at radius 3 is 2.04 bits per heavy atom. The summed E-state index contributed by atoms with van der Waals surface area (Å²) in [6, 6.07) is 21.0. The van der Waals surface area contributed by atoms with Gasteiger partial charge in [-0.3, -0.25) is 14.6 Å². The minimum Gasteiger partial charge on any atom is -0.481 e. The Kier molecular flexibility index (Phi) is 5.79. The molecule has 0 spiro atoms. The highest BCUT2D eigenvalue weighted by molar-refractivity contribution is 5.81. The number of benzene rings is 2. The largest absolute Gasteiger partial charge is 0.481 e. The lowest BCUT2D eigenvalue weighted by atomic mass is 9.68. The summed E-state index contributed by atoms with van der Waals surface area (Å²) in [5.74, 6) is -0.662. The number of carboxylic acids is 1. The van der Waals surface area contributed by atoms with Crippen LogP contribution in [0.5, 0.6) is 0 Å². The van der Waals surface area contributed by atoms with E-state index in [4.69, 9.17) is 0 Å². The number of nitrogens with zero attached hydrogens (tertiary/aromatic N) is 2. The molecule has 28 heavy (non-hydrogen) atoms. The first-order valence-corrected chi connectivity index (χ1v) is 10.5. The van der Waals surface area contributed by atoms with Crippen molar-refractivity contribution in [1.29, 1.82) is 0 Å². The molecule has 0 atom stereocenters. The average Bonchev–Trinajstić information content (AvgIpc) is 2.76. The Balaban J connectivity index is 1.33. The third-order valence-corrected chi connectivity index (χ3v) is 6.72. The first-order valence-electron chi connectivity index (χ1n) is 10.5. The van der Waals surface area contributed by atoms with Crippen LogP contribution < -0.4 is 0 Å². The Morgan fingerprint density at radius 2 is 1.46 bits per heavy atom. The zero-order chi connectivity index (χ0) is 19.4. The molecular formula is C24H30N2O2. The van der Waals surface area contributed by atoms with Gasteiger partial charge in [0, 0.05) is 38.8 Å². The van der Waals surface area contributed by atoms with Crippen molar-refractivity contribution >= 4 is 5.97 Å². The summed E-state index contributed by atoms with van der Waals surface area (Å²) in [5, 5.41) is 9.99. The fourth-order valence-electron chi connectivity index (χ4n) is 4.97. The lowest BCUT2D eigenvalue weighted by Crippen LogP contribution is -2.52. The maximum Gasteiger partial charge on any atom is 0.314 e. The van der Waals surface area contributed by atoms with Gasteiger partial charge in [0.2, 0.25) is 0 Å². The summed E-state index contributed by atoms with van der Waals surface area (Å²) < 4.78 is 0. The molecule has 0 aromatic heterocycles. The highest BCUT2D eigenvalue weighted by atomic mass is 16.4. The number of hydrogen-bond donors (Lipinski definition) is 1. The summed E-state index contributed by atoms with van der Waals surface area (Å²) >= 11 is 0. The second-order valence-electron chi connectivity index (χ2n) is 8.28. The van der Waals surface area contributed by atoms with Crippen molar-refractivity contribution in [2.45, 2.75) is 43.7 Å². The number of rotatable bonds is 5. The fraction of sp³-hybridized carbons (Fsp3) is 0.458. The van der Waals surface area contributed by atoms with Crippen LogP contribution >= 0.6 is 0 Å².